The van der Waals surface area contributed by atoms with Crippen molar-refractivity contribution in [3.05, 3.63) is 29.6 Å². The SMILES string of the molecule is CCC(C#N)NCc1ccncc1C. The van der Waals surface area contributed by atoms with Crippen LogP contribution in [0.5, 0.6) is 0 Å². The predicted octanol–water partition coefficient (Wildman–Crippen LogP) is 1.78. The molecule has 1 aromatic heterocycles. The van der Waals surface area contributed by atoms with Crippen molar-refractivity contribution >= 4 is 0 Å². The third kappa shape index (κ3) is 2.82. The van der Waals surface area contributed by atoms with E-state index in [1.54, 1.807) is 6.20 Å². The first-order valence-electron chi connectivity index (χ1n) is 4.80. The average molecular weight is 189 g/mol. The number of nitrogens with one attached hydrogen (secondary N) is 1. The average Bonchev–Trinajstić information content (AvgIpc) is 2.22. The first-order chi connectivity index (χ1) is 6.77. The van der Waals surface area contributed by atoms with E-state index < -0.39 is 0 Å². The van der Waals surface area contributed by atoms with Gasteiger partial charge in [-0.1, -0.05) is 6.92 Å². The van der Waals surface area contributed by atoms with Crippen molar-refractivity contribution in [3.63, 3.8) is 0 Å². The largest absolute Gasteiger partial charge is 0.298 e. The van der Waals surface area contributed by atoms with Crippen molar-refractivity contribution in [3.8, 4) is 6.07 Å². The van der Waals surface area contributed by atoms with Gasteiger partial charge in [-0.05, 0) is 30.5 Å². The monoisotopic (exact) mass is 189 g/mol. The zero-order valence-electron chi connectivity index (χ0n) is 8.62. The molecular formula is C11H15N3. The van der Waals surface area contributed by atoms with Crippen LogP contribution in [0.15, 0.2) is 18.5 Å². The zero-order chi connectivity index (χ0) is 10.4. The third-order valence-corrected chi connectivity index (χ3v) is 2.24. The Kier molecular flexibility index (Phi) is 4.09. The summed E-state index contributed by atoms with van der Waals surface area (Å²) in [6.07, 6.45) is 4.45. The Morgan fingerprint density at radius 1 is 1.64 bits per heavy atom. The van der Waals surface area contributed by atoms with Gasteiger partial charge < -0.3 is 0 Å². The van der Waals surface area contributed by atoms with Crippen LogP contribution in [-0.4, -0.2) is 11.0 Å². The molecule has 0 radical (unpaired) electrons. The standard InChI is InChI=1S/C11H15N3/c1-3-11(6-12)14-8-10-4-5-13-7-9(10)2/h4-5,7,11,14H,3,8H2,1-2H3. The number of rotatable bonds is 4. The van der Waals surface area contributed by atoms with Gasteiger partial charge in [-0.15, -0.1) is 0 Å². The summed E-state index contributed by atoms with van der Waals surface area (Å²) < 4.78 is 0. The van der Waals surface area contributed by atoms with E-state index in [0.717, 1.165) is 18.5 Å². The third-order valence-electron chi connectivity index (χ3n) is 2.24. The molecule has 1 N–H and O–H groups in total. The summed E-state index contributed by atoms with van der Waals surface area (Å²) in [6, 6.07) is 4.14. The molecule has 0 amide bonds. The Balaban J connectivity index is 2.54. The van der Waals surface area contributed by atoms with E-state index in [1.165, 1.54) is 5.56 Å². The first kappa shape index (κ1) is 10.7. The van der Waals surface area contributed by atoms with Crippen molar-refractivity contribution < 1.29 is 0 Å². The molecule has 0 saturated carbocycles. The van der Waals surface area contributed by atoms with E-state index in [0.29, 0.717) is 0 Å². The van der Waals surface area contributed by atoms with Crippen LogP contribution in [0.4, 0.5) is 0 Å². The van der Waals surface area contributed by atoms with E-state index in [-0.39, 0.29) is 6.04 Å². The second-order valence-corrected chi connectivity index (χ2v) is 3.27. The molecule has 0 saturated heterocycles. The minimum atomic E-state index is -0.0532. The topological polar surface area (TPSA) is 48.7 Å². The second-order valence-electron chi connectivity index (χ2n) is 3.27. The fourth-order valence-corrected chi connectivity index (χ4v) is 1.21. The molecule has 1 atom stereocenters. The van der Waals surface area contributed by atoms with Crippen LogP contribution in [0.3, 0.4) is 0 Å². The molecule has 1 rings (SSSR count). The molecule has 0 aromatic carbocycles. The van der Waals surface area contributed by atoms with Gasteiger partial charge in [-0.25, -0.2) is 0 Å². The summed E-state index contributed by atoms with van der Waals surface area (Å²) in [5.74, 6) is 0. The van der Waals surface area contributed by atoms with Gasteiger partial charge in [0.05, 0.1) is 12.1 Å². The Morgan fingerprint density at radius 2 is 2.43 bits per heavy atom. The van der Waals surface area contributed by atoms with E-state index >= 15 is 0 Å². The van der Waals surface area contributed by atoms with Crippen molar-refractivity contribution in [2.45, 2.75) is 32.9 Å². The molecule has 14 heavy (non-hydrogen) atoms. The lowest BCUT2D eigenvalue weighted by atomic mass is 10.1. The Morgan fingerprint density at radius 3 is 3.00 bits per heavy atom. The Bertz CT molecular complexity index is 328. The predicted molar refractivity (Wildman–Crippen MR) is 55.5 cm³/mol. The smallest absolute Gasteiger partial charge is 0.0952 e. The van der Waals surface area contributed by atoms with Gasteiger partial charge in [0.15, 0.2) is 0 Å². The van der Waals surface area contributed by atoms with Gasteiger partial charge in [0.2, 0.25) is 0 Å². The summed E-state index contributed by atoms with van der Waals surface area (Å²) in [5, 5.41) is 11.9. The van der Waals surface area contributed by atoms with E-state index in [2.05, 4.69) is 16.4 Å². The maximum Gasteiger partial charge on any atom is 0.0952 e. The fraction of sp³-hybridized carbons (Fsp3) is 0.455. The Hall–Kier alpha value is -1.40. The Labute approximate surface area is 84.8 Å². The normalized spacial score (nSPS) is 12.1. The van der Waals surface area contributed by atoms with Crippen LogP contribution in [0.1, 0.15) is 24.5 Å². The molecule has 1 aromatic rings. The van der Waals surface area contributed by atoms with Gasteiger partial charge in [-0.2, -0.15) is 5.26 Å². The number of hydrogen-bond acceptors (Lipinski definition) is 3. The molecule has 1 heterocycles. The summed E-state index contributed by atoms with van der Waals surface area (Å²) >= 11 is 0. The fourth-order valence-electron chi connectivity index (χ4n) is 1.21. The highest BCUT2D eigenvalue weighted by atomic mass is 14.9. The van der Waals surface area contributed by atoms with E-state index in [9.17, 15) is 0 Å². The van der Waals surface area contributed by atoms with Gasteiger partial charge in [0, 0.05) is 18.9 Å². The van der Waals surface area contributed by atoms with Crippen LogP contribution >= 0.6 is 0 Å². The minimum Gasteiger partial charge on any atom is -0.298 e. The summed E-state index contributed by atoms with van der Waals surface area (Å²) in [7, 11) is 0. The highest BCUT2D eigenvalue weighted by Crippen LogP contribution is 2.04. The number of aromatic nitrogens is 1. The van der Waals surface area contributed by atoms with Gasteiger partial charge in [-0.3, -0.25) is 10.3 Å². The van der Waals surface area contributed by atoms with Gasteiger partial charge in [0.25, 0.3) is 0 Å². The molecule has 74 valence electrons. The van der Waals surface area contributed by atoms with Crippen LogP contribution in [0.2, 0.25) is 0 Å². The van der Waals surface area contributed by atoms with Gasteiger partial charge >= 0.3 is 0 Å². The lowest BCUT2D eigenvalue weighted by Crippen LogP contribution is -2.26. The van der Waals surface area contributed by atoms with Crippen LogP contribution < -0.4 is 5.32 Å². The molecule has 0 aliphatic rings. The molecule has 0 aliphatic heterocycles. The quantitative estimate of drug-likeness (QED) is 0.785. The van der Waals surface area contributed by atoms with E-state index in [4.69, 9.17) is 5.26 Å². The maximum absolute atomic E-state index is 8.75. The number of nitrogens with zero attached hydrogens (tertiary/aromatic N) is 2. The number of pyridine rings is 1. The molecular weight excluding hydrogens is 174 g/mol. The molecule has 0 bridgehead atoms. The molecule has 0 fully saturated rings. The van der Waals surface area contributed by atoms with Crippen LogP contribution in [0.25, 0.3) is 0 Å². The van der Waals surface area contributed by atoms with Crippen LogP contribution in [0, 0.1) is 18.3 Å². The summed E-state index contributed by atoms with van der Waals surface area (Å²) in [6.45, 7) is 4.76. The molecule has 1 unspecified atom stereocenters. The number of hydrogen-bond donors (Lipinski definition) is 1. The molecule has 0 spiro atoms. The molecule has 3 nitrogen and oxygen atoms in total. The summed E-state index contributed by atoms with van der Waals surface area (Å²) in [5.41, 5.74) is 2.36. The molecule has 0 aliphatic carbocycles. The lowest BCUT2D eigenvalue weighted by molar-refractivity contribution is 0.585. The first-order valence-corrected chi connectivity index (χ1v) is 4.80. The van der Waals surface area contributed by atoms with Crippen LogP contribution in [-0.2, 0) is 6.54 Å². The van der Waals surface area contributed by atoms with Crippen molar-refractivity contribution in [1.29, 1.82) is 5.26 Å². The van der Waals surface area contributed by atoms with E-state index in [1.807, 2.05) is 26.1 Å². The number of nitriles is 1. The molecule has 3 heteroatoms. The number of aryl methyl sites for hydroxylation is 1. The summed E-state index contributed by atoms with van der Waals surface area (Å²) in [4.78, 5) is 4.02. The lowest BCUT2D eigenvalue weighted by Gasteiger charge is -2.10. The maximum atomic E-state index is 8.75. The highest BCUT2D eigenvalue weighted by molar-refractivity contribution is 5.21. The van der Waals surface area contributed by atoms with Crippen molar-refractivity contribution in [1.82, 2.24) is 10.3 Å². The van der Waals surface area contributed by atoms with Crippen molar-refractivity contribution in [2.24, 2.45) is 0 Å². The second kappa shape index (κ2) is 5.36. The van der Waals surface area contributed by atoms with Gasteiger partial charge in [0.1, 0.15) is 0 Å². The minimum absolute atomic E-state index is 0.0532. The highest BCUT2D eigenvalue weighted by Gasteiger charge is 2.03. The zero-order valence-corrected chi connectivity index (χ0v) is 8.62. The van der Waals surface area contributed by atoms with Crippen molar-refractivity contribution in [2.75, 3.05) is 0 Å².